The summed E-state index contributed by atoms with van der Waals surface area (Å²) < 4.78 is 0. The van der Waals surface area contributed by atoms with Crippen molar-refractivity contribution >= 4 is 11.0 Å². The summed E-state index contributed by atoms with van der Waals surface area (Å²) in [5.74, 6) is 2.82. The normalized spacial score (nSPS) is 30.1. The summed E-state index contributed by atoms with van der Waals surface area (Å²) in [6.45, 7) is 5.47. The van der Waals surface area contributed by atoms with Gasteiger partial charge in [-0.1, -0.05) is 12.5 Å². The largest absolute Gasteiger partial charge is 0.341 e. The van der Waals surface area contributed by atoms with Crippen LogP contribution in [0.3, 0.4) is 0 Å². The van der Waals surface area contributed by atoms with E-state index < -0.39 is 0 Å². The molecule has 1 saturated carbocycles. The van der Waals surface area contributed by atoms with Crippen LogP contribution in [0.1, 0.15) is 42.3 Å². The Kier molecular flexibility index (Phi) is 2.46. The molecule has 2 heterocycles. The fourth-order valence-corrected chi connectivity index (χ4v) is 4.12. The Morgan fingerprint density at radius 2 is 2.11 bits per heavy atom. The summed E-state index contributed by atoms with van der Waals surface area (Å²) in [5, 5.41) is 3.68. The van der Waals surface area contributed by atoms with Gasteiger partial charge in [0.25, 0.3) is 0 Å². The molecule has 2 aromatic rings. The third-order valence-corrected chi connectivity index (χ3v) is 4.98. The SMILES string of the molecule is Cc1cc(C)c2nc(C3NCC4CCCC43)[nH]c2c1. The summed E-state index contributed by atoms with van der Waals surface area (Å²) in [4.78, 5) is 8.44. The molecule has 0 radical (unpaired) electrons. The predicted molar refractivity (Wildman–Crippen MR) is 77.1 cm³/mol. The molecule has 2 aliphatic rings. The topological polar surface area (TPSA) is 40.7 Å². The lowest BCUT2D eigenvalue weighted by atomic mass is 9.94. The zero-order valence-electron chi connectivity index (χ0n) is 11.7. The van der Waals surface area contributed by atoms with Gasteiger partial charge in [0.05, 0.1) is 17.1 Å². The second-order valence-corrected chi connectivity index (χ2v) is 6.34. The second kappa shape index (κ2) is 4.07. The molecular weight excluding hydrogens is 234 g/mol. The standard InChI is InChI=1S/C16H21N3/c1-9-6-10(2)14-13(7-9)18-16(19-14)15-12-5-3-4-11(12)8-17-15/h6-7,11-12,15,17H,3-5,8H2,1-2H3,(H,18,19). The number of rotatable bonds is 1. The van der Waals surface area contributed by atoms with Crippen molar-refractivity contribution in [2.75, 3.05) is 6.54 Å². The van der Waals surface area contributed by atoms with Crippen molar-refractivity contribution in [3.05, 3.63) is 29.1 Å². The van der Waals surface area contributed by atoms with Crippen molar-refractivity contribution < 1.29 is 0 Å². The highest BCUT2D eigenvalue weighted by Gasteiger charge is 2.40. The summed E-state index contributed by atoms with van der Waals surface area (Å²) >= 11 is 0. The molecule has 2 N–H and O–H groups in total. The van der Waals surface area contributed by atoms with Crippen molar-refractivity contribution in [3.63, 3.8) is 0 Å². The van der Waals surface area contributed by atoms with Gasteiger partial charge in [0.1, 0.15) is 5.82 Å². The van der Waals surface area contributed by atoms with E-state index in [1.54, 1.807) is 0 Å². The maximum atomic E-state index is 4.88. The molecule has 1 aliphatic heterocycles. The summed E-state index contributed by atoms with van der Waals surface area (Å²) in [5.41, 5.74) is 4.91. The molecule has 0 spiro atoms. The van der Waals surface area contributed by atoms with Gasteiger partial charge in [-0.05, 0) is 62.3 Å². The number of hydrogen-bond acceptors (Lipinski definition) is 2. The second-order valence-electron chi connectivity index (χ2n) is 6.34. The molecule has 1 aromatic heterocycles. The van der Waals surface area contributed by atoms with Gasteiger partial charge in [-0.3, -0.25) is 0 Å². The molecule has 0 bridgehead atoms. The lowest BCUT2D eigenvalue weighted by molar-refractivity contribution is 0.410. The van der Waals surface area contributed by atoms with Crippen LogP contribution in [0.2, 0.25) is 0 Å². The third kappa shape index (κ3) is 1.71. The first-order chi connectivity index (χ1) is 9.22. The number of benzene rings is 1. The number of aromatic amines is 1. The Morgan fingerprint density at radius 3 is 3.00 bits per heavy atom. The van der Waals surface area contributed by atoms with Crippen LogP contribution in [-0.2, 0) is 0 Å². The van der Waals surface area contributed by atoms with Crippen LogP contribution in [0.15, 0.2) is 12.1 Å². The highest BCUT2D eigenvalue weighted by molar-refractivity contribution is 5.79. The van der Waals surface area contributed by atoms with Crippen LogP contribution in [0.25, 0.3) is 11.0 Å². The van der Waals surface area contributed by atoms with Gasteiger partial charge >= 0.3 is 0 Å². The third-order valence-electron chi connectivity index (χ3n) is 4.98. The van der Waals surface area contributed by atoms with Crippen molar-refractivity contribution in [1.82, 2.24) is 15.3 Å². The zero-order chi connectivity index (χ0) is 13.0. The Balaban J connectivity index is 1.77. The molecule has 3 atom stereocenters. The van der Waals surface area contributed by atoms with Gasteiger partial charge in [-0.15, -0.1) is 0 Å². The quantitative estimate of drug-likeness (QED) is 0.821. The predicted octanol–water partition coefficient (Wildman–Crippen LogP) is 3.24. The van der Waals surface area contributed by atoms with E-state index in [2.05, 4.69) is 36.3 Å². The average Bonchev–Trinajstić information content (AvgIpc) is 2.99. The first-order valence-electron chi connectivity index (χ1n) is 7.42. The molecule has 3 nitrogen and oxygen atoms in total. The minimum atomic E-state index is 0.444. The fraction of sp³-hybridized carbons (Fsp3) is 0.562. The molecule has 1 aromatic carbocycles. The Morgan fingerprint density at radius 1 is 1.21 bits per heavy atom. The maximum absolute atomic E-state index is 4.88. The highest BCUT2D eigenvalue weighted by atomic mass is 15.1. The van der Waals surface area contributed by atoms with Gasteiger partial charge in [0, 0.05) is 0 Å². The number of aromatic nitrogens is 2. The zero-order valence-corrected chi connectivity index (χ0v) is 11.7. The number of aryl methyl sites for hydroxylation is 2. The molecular formula is C16H21N3. The van der Waals surface area contributed by atoms with Crippen molar-refractivity contribution in [2.24, 2.45) is 11.8 Å². The molecule has 4 rings (SSSR count). The van der Waals surface area contributed by atoms with E-state index in [9.17, 15) is 0 Å². The van der Waals surface area contributed by atoms with Crippen molar-refractivity contribution in [3.8, 4) is 0 Å². The van der Waals surface area contributed by atoms with E-state index in [1.807, 2.05) is 0 Å². The van der Waals surface area contributed by atoms with E-state index in [0.717, 1.165) is 23.2 Å². The highest BCUT2D eigenvalue weighted by Crippen LogP contribution is 2.43. The molecule has 1 saturated heterocycles. The van der Waals surface area contributed by atoms with Crippen LogP contribution in [0, 0.1) is 25.7 Å². The van der Waals surface area contributed by atoms with Gasteiger partial charge < -0.3 is 10.3 Å². The molecule has 0 amide bonds. The molecule has 3 unspecified atom stereocenters. The number of H-pyrrole nitrogens is 1. The van der Waals surface area contributed by atoms with Gasteiger partial charge in [-0.25, -0.2) is 4.98 Å². The Hall–Kier alpha value is -1.35. The van der Waals surface area contributed by atoms with E-state index in [0.29, 0.717) is 6.04 Å². The molecule has 19 heavy (non-hydrogen) atoms. The Bertz CT molecular complexity index is 628. The van der Waals surface area contributed by atoms with Crippen LogP contribution < -0.4 is 5.32 Å². The molecule has 100 valence electrons. The van der Waals surface area contributed by atoms with Crippen molar-refractivity contribution in [2.45, 2.75) is 39.2 Å². The summed E-state index contributed by atoms with van der Waals surface area (Å²) in [6, 6.07) is 4.87. The number of hydrogen-bond donors (Lipinski definition) is 2. The van der Waals surface area contributed by atoms with Gasteiger partial charge in [-0.2, -0.15) is 0 Å². The van der Waals surface area contributed by atoms with E-state index >= 15 is 0 Å². The van der Waals surface area contributed by atoms with Gasteiger partial charge in [0.2, 0.25) is 0 Å². The Labute approximate surface area is 113 Å². The fourth-order valence-electron chi connectivity index (χ4n) is 4.12. The van der Waals surface area contributed by atoms with Gasteiger partial charge in [0.15, 0.2) is 0 Å². The average molecular weight is 255 g/mol. The van der Waals surface area contributed by atoms with E-state index in [1.165, 1.54) is 42.5 Å². The maximum Gasteiger partial charge on any atom is 0.124 e. The minimum Gasteiger partial charge on any atom is -0.341 e. The van der Waals surface area contributed by atoms with E-state index in [4.69, 9.17) is 4.98 Å². The van der Waals surface area contributed by atoms with Crippen LogP contribution >= 0.6 is 0 Å². The lowest BCUT2D eigenvalue weighted by Crippen LogP contribution is -2.19. The smallest absolute Gasteiger partial charge is 0.124 e. The number of nitrogens with zero attached hydrogens (tertiary/aromatic N) is 1. The molecule has 1 aliphatic carbocycles. The number of nitrogens with one attached hydrogen (secondary N) is 2. The number of imidazole rings is 1. The van der Waals surface area contributed by atoms with Crippen molar-refractivity contribution in [1.29, 1.82) is 0 Å². The van der Waals surface area contributed by atoms with Crippen LogP contribution in [0.4, 0.5) is 0 Å². The molecule has 2 fully saturated rings. The van der Waals surface area contributed by atoms with E-state index in [-0.39, 0.29) is 0 Å². The summed E-state index contributed by atoms with van der Waals surface area (Å²) in [6.07, 6.45) is 4.15. The first kappa shape index (κ1) is 11.5. The molecule has 3 heteroatoms. The lowest BCUT2D eigenvalue weighted by Gasteiger charge is -2.15. The summed E-state index contributed by atoms with van der Waals surface area (Å²) in [7, 11) is 0. The minimum absolute atomic E-state index is 0.444. The van der Waals surface area contributed by atoms with Crippen LogP contribution in [0.5, 0.6) is 0 Å². The van der Waals surface area contributed by atoms with Crippen LogP contribution in [-0.4, -0.2) is 16.5 Å². The first-order valence-corrected chi connectivity index (χ1v) is 7.42. The number of fused-ring (bicyclic) bond motifs is 2. The monoisotopic (exact) mass is 255 g/mol.